The normalized spacial score (nSPS) is 11.1. The maximum absolute atomic E-state index is 6.25. The molecule has 4 heteroatoms. The van der Waals surface area contributed by atoms with Crippen LogP contribution in [0.15, 0.2) is 36.4 Å². The van der Waals surface area contributed by atoms with Crippen molar-refractivity contribution in [2.75, 3.05) is 5.73 Å². The summed E-state index contributed by atoms with van der Waals surface area (Å²) in [6, 6.07) is 11.6. The van der Waals surface area contributed by atoms with Gasteiger partial charge < -0.3 is 10.3 Å². The smallest absolute Gasteiger partial charge is 0.141 e. The molecule has 0 saturated carbocycles. The van der Waals surface area contributed by atoms with Crippen LogP contribution in [-0.2, 0) is 7.05 Å². The summed E-state index contributed by atoms with van der Waals surface area (Å²) in [4.78, 5) is 4.67. The fourth-order valence-electron chi connectivity index (χ4n) is 2.34. The van der Waals surface area contributed by atoms with Gasteiger partial charge in [0.25, 0.3) is 0 Å². The summed E-state index contributed by atoms with van der Waals surface area (Å²) in [6.45, 7) is 2.05. The maximum Gasteiger partial charge on any atom is 0.141 e. The van der Waals surface area contributed by atoms with E-state index in [1.165, 1.54) is 0 Å². The highest BCUT2D eigenvalue weighted by atomic mass is 35.5. The second-order valence-electron chi connectivity index (χ2n) is 4.68. The Hall–Kier alpha value is -2.00. The Morgan fingerprint density at radius 1 is 1.21 bits per heavy atom. The average Bonchev–Trinajstić information content (AvgIpc) is 2.71. The number of anilines is 1. The number of para-hydroxylation sites is 1. The lowest BCUT2D eigenvalue weighted by Gasteiger charge is -2.07. The molecular formula is C15H14ClN3. The van der Waals surface area contributed by atoms with E-state index in [0.29, 0.717) is 5.02 Å². The van der Waals surface area contributed by atoms with Gasteiger partial charge in [-0.25, -0.2) is 4.98 Å². The molecule has 0 unspecified atom stereocenters. The predicted molar refractivity (Wildman–Crippen MR) is 80.3 cm³/mol. The number of nitrogen functional groups attached to an aromatic ring is 1. The molecule has 3 aromatic rings. The van der Waals surface area contributed by atoms with Crippen LogP contribution in [-0.4, -0.2) is 9.55 Å². The zero-order valence-corrected chi connectivity index (χ0v) is 11.6. The van der Waals surface area contributed by atoms with Crippen molar-refractivity contribution in [1.82, 2.24) is 9.55 Å². The van der Waals surface area contributed by atoms with Gasteiger partial charge in [0.2, 0.25) is 0 Å². The van der Waals surface area contributed by atoms with Crippen LogP contribution in [0, 0.1) is 6.92 Å². The highest BCUT2D eigenvalue weighted by Gasteiger charge is 2.13. The van der Waals surface area contributed by atoms with Crippen molar-refractivity contribution < 1.29 is 0 Å². The molecule has 1 heterocycles. The zero-order valence-electron chi connectivity index (χ0n) is 10.8. The summed E-state index contributed by atoms with van der Waals surface area (Å²) >= 11 is 6.25. The number of nitrogens with two attached hydrogens (primary N) is 1. The SMILES string of the molecule is Cc1ccc(N)cc1-c1nc2cccc(Cl)c2n1C. The van der Waals surface area contributed by atoms with Gasteiger partial charge in [-0.15, -0.1) is 0 Å². The highest BCUT2D eigenvalue weighted by Crippen LogP contribution is 2.30. The van der Waals surface area contributed by atoms with Gasteiger partial charge in [0.05, 0.1) is 16.1 Å². The lowest BCUT2D eigenvalue weighted by molar-refractivity contribution is 0.957. The molecule has 0 bridgehead atoms. The van der Waals surface area contributed by atoms with Gasteiger partial charge in [0.15, 0.2) is 0 Å². The van der Waals surface area contributed by atoms with E-state index in [1.54, 1.807) is 0 Å². The lowest BCUT2D eigenvalue weighted by Crippen LogP contribution is -1.96. The van der Waals surface area contributed by atoms with Crippen LogP contribution in [0.25, 0.3) is 22.4 Å². The summed E-state index contributed by atoms with van der Waals surface area (Å²) in [5, 5.41) is 0.709. The summed E-state index contributed by atoms with van der Waals surface area (Å²) in [7, 11) is 1.97. The van der Waals surface area contributed by atoms with Gasteiger partial charge in [-0.3, -0.25) is 0 Å². The second-order valence-corrected chi connectivity index (χ2v) is 5.08. The van der Waals surface area contributed by atoms with Crippen LogP contribution in [0.5, 0.6) is 0 Å². The van der Waals surface area contributed by atoms with Gasteiger partial charge in [0.1, 0.15) is 5.82 Å². The molecular weight excluding hydrogens is 258 g/mol. The van der Waals surface area contributed by atoms with E-state index in [2.05, 4.69) is 11.9 Å². The number of imidazole rings is 1. The number of hydrogen-bond acceptors (Lipinski definition) is 2. The van der Waals surface area contributed by atoms with Crippen molar-refractivity contribution in [2.24, 2.45) is 7.05 Å². The fourth-order valence-corrected chi connectivity index (χ4v) is 2.64. The molecule has 19 heavy (non-hydrogen) atoms. The third-order valence-corrected chi connectivity index (χ3v) is 3.65. The van der Waals surface area contributed by atoms with Gasteiger partial charge >= 0.3 is 0 Å². The zero-order chi connectivity index (χ0) is 13.6. The molecule has 0 radical (unpaired) electrons. The van der Waals surface area contributed by atoms with Crippen molar-refractivity contribution in [3.63, 3.8) is 0 Å². The second kappa shape index (κ2) is 4.28. The largest absolute Gasteiger partial charge is 0.399 e. The first-order valence-electron chi connectivity index (χ1n) is 6.05. The third kappa shape index (κ3) is 1.87. The maximum atomic E-state index is 6.25. The number of rotatable bonds is 1. The van der Waals surface area contributed by atoms with Crippen LogP contribution in [0.2, 0.25) is 5.02 Å². The van der Waals surface area contributed by atoms with Crippen molar-refractivity contribution in [3.8, 4) is 11.4 Å². The number of benzene rings is 2. The van der Waals surface area contributed by atoms with Crippen molar-refractivity contribution in [3.05, 3.63) is 47.0 Å². The Balaban J connectivity index is 2.34. The van der Waals surface area contributed by atoms with Crippen LogP contribution in [0.4, 0.5) is 5.69 Å². The molecule has 1 aromatic heterocycles. The molecule has 0 amide bonds. The Bertz CT molecular complexity index is 774. The molecule has 0 aliphatic heterocycles. The minimum Gasteiger partial charge on any atom is -0.399 e. The molecule has 0 spiro atoms. The van der Waals surface area contributed by atoms with Gasteiger partial charge in [-0.05, 0) is 36.8 Å². The van der Waals surface area contributed by atoms with E-state index in [1.807, 2.05) is 48.0 Å². The third-order valence-electron chi connectivity index (χ3n) is 3.35. The molecule has 0 aliphatic carbocycles. The molecule has 96 valence electrons. The number of fused-ring (bicyclic) bond motifs is 1. The first-order chi connectivity index (χ1) is 9.08. The van der Waals surface area contributed by atoms with Gasteiger partial charge in [0, 0.05) is 18.3 Å². The Kier molecular flexibility index (Phi) is 2.72. The fraction of sp³-hybridized carbons (Fsp3) is 0.133. The Morgan fingerprint density at radius 2 is 2.00 bits per heavy atom. The number of halogens is 1. The number of nitrogens with zero attached hydrogens (tertiary/aromatic N) is 2. The van der Waals surface area contributed by atoms with Crippen molar-refractivity contribution in [2.45, 2.75) is 6.92 Å². The molecule has 3 rings (SSSR count). The van der Waals surface area contributed by atoms with E-state index in [0.717, 1.165) is 33.7 Å². The van der Waals surface area contributed by atoms with E-state index < -0.39 is 0 Å². The van der Waals surface area contributed by atoms with Crippen LogP contribution in [0.3, 0.4) is 0 Å². The van der Waals surface area contributed by atoms with Gasteiger partial charge in [-0.2, -0.15) is 0 Å². The molecule has 0 atom stereocenters. The van der Waals surface area contributed by atoms with Crippen molar-refractivity contribution in [1.29, 1.82) is 0 Å². The first-order valence-corrected chi connectivity index (χ1v) is 6.43. The predicted octanol–water partition coefficient (Wildman–Crippen LogP) is 3.78. The summed E-state index contributed by atoms with van der Waals surface area (Å²) in [5.74, 6) is 0.882. The number of aromatic nitrogens is 2. The molecule has 2 N–H and O–H groups in total. The average molecular weight is 272 g/mol. The summed E-state index contributed by atoms with van der Waals surface area (Å²) in [5.41, 5.74) is 10.6. The van der Waals surface area contributed by atoms with Crippen LogP contribution < -0.4 is 5.73 Å². The number of aryl methyl sites for hydroxylation is 2. The van der Waals surface area contributed by atoms with Crippen LogP contribution in [0.1, 0.15) is 5.56 Å². The minimum absolute atomic E-state index is 0.709. The minimum atomic E-state index is 0.709. The Morgan fingerprint density at radius 3 is 2.74 bits per heavy atom. The van der Waals surface area contributed by atoms with Crippen molar-refractivity contribution >= 4 is 28.3 Å². The molecule has 2 aromatic carbocycles. The summed E-state index contributed by atoms with van der Waals surface area (Å²) < 4.78 is 2.01. The quantitative estimate of drug-likeness (QED) is 0.685. The highest BCUT2D eigenvalue weighted by molar-refractivity contribution is 6.35. The van der Waals surface area contributed by atoms with Crippen LogP contribution >= 0.6 is 11.6 Å². The lowest BCUT2D eigenvalue weighted by atomic mass is 10.1. The molecule has 0 aliphatic rings. The van der Waals surface area contributed by atoms with E-state index >= 15 is 0 Å². The monoisotopic (exact) mass is 271 g/mol. The first kappa shape index (κ1) is 12.1. The molecule has 0 fully saturated rings. The van der Waals surface area contributed by atoms with E-state index in [9.17, 15) is 0 Å². The molecule has 0 saturated heterocycles. The Labute approximate surface area is 116 Å². The number of hydrogen-bond donors (Lipinski definition) is 1. The summed E-state index contributed by atoms with van der Waals surface area (Å²) in [6.07, 6.45) is 0. The van der Waals surface area contributed by atoms with E-state index in [-0.39, 0.29) is 0 Å². The standard InChI is InChI=1S/C15H14ClN3/c1-9-6-7-10(17)8-11(9)15-18-13-5-3-4-12(16)14(13)19(15)2/h3-8H,17H2,1-2H3. The van der Waals surface area contributed by atoms with Gasteiger partial charge in [-0.1, -0.05) is 23.7 Å². The van der Waals surface area contributed by atoms with E-state index in [4.69, 9.17) is 17.3 Å². The topological polar surface area (TPSA) is 43.8 Å². The molecule has 3 nitrogen and oxygen atoms in total.